The molecule has 0 radical (unpaired) electrons. The number of rotatable bonds is 4. The van der Waals surface area contributed by atoms with E-state index in [2.05, 4.69) is 152 Å². The Morgan fingerprint density at radius 2 is 1.15 bits per heavy atom. The second-order valence-corrected chi connectivity index (χ2v) is 12.5. The van der Waals surface area contributed by atoms with Crippen molar-refractivity contribution < 1.29 is 0 Å². The zero-order valence-electron chi connectivity index (χ0n) is 26.2. The Labute approximate surface area is 274 Å². The predicted octanol–water partition coefficient (Wildman–Crippen LogP) is 11.5. The summed E-state index contributed by atoms with van der Waals surface area (Å²) in [5, 5.41) is 13.4. The Morgan fingerprint density at radius 3 is 1.85 bits per heavy atom. The van der Waals surface area contributed by atoms with Crippen molar-refractivity contribution >= 4 is 48.7 Å². The van der Waals surface area contributed by atoms with Crippen LogP contribution in [-0.2, 0) is 0 Å². The van der Waals surface area contributed by atoms with Gasteiger partial charge in [0.15, 0.2) is 0 Å². The summed E-state index contributed by atoms with van der Waals surface area (Å²) in [6.45, 7) is 2.93. The van der Waals surface area contributed by atoms with Crippen molar-refractivity contribution in [2.75, 3.05) is 6.54 Å². The molecule has 47 heavy (non-hydrogen) atoms. The first kappa shape index (κ1) is 27.3. The van der Waals surface area contributed by atoms with E-state index in [0.717, 1.165) is 12.2 Å². The molecule has 2 heterocycles. The van der Waals surface area contributed by atoms with Crippen LogP contribution in [0.2, 0.25) is 0 Å². The van der Waals surface area contributed by atoms with E-state index in [-0.39, 0.29) is 0 Å². The first-order chi connectivity index (χ1) is 23.2. The van der Waals surface area contributed by atoms with Crippen LogP contribution in [0.3, 0.4) is 0 Å². The van der Waals surface area contributed by atoms with E-state index >= 15 is 0 Å². The Balaban J connectivity index is 1.29. The van der Waals surface area contributed by atoms with Gasteiger partial charge < -0.3 is 5.32 Å². The number of allylic oxidation sites excluding steroid dienone is 2. The zero-order chi connectivity index (χ0) is 31.3. The van der Waals surface area contributed by atoms with Crippen molar-refractivity contribution in [3.63, 3.8) is 0 Å². The highest BCUT2D eigenvalue weighted by Crippen LogP contribution is 2.46. The number of dihydropyridines is 1. The monoisotopic (exact) mass is 600 g/mol. The van der Waals surface area contributed by atoms with Gasteiger partial charge in [0.2, 0.25) is 0 Å². The number of fused-ring (bicyclic) bond motifs is 4. The van der Waals surface area contributed by atoms with Crippen molar-refractivity contribution in [1.29, 1.82) is 0 Å². The van der Waals surface area contributed by atoms with Crippen LogP contribution in [0.4, 0.5) is 0 Å². The molecule has 0 unspecified atom stereocenters. The highest BCUT2D eigenvalue weighted by atomic mass is 14.8. The van der Waals surface area contributed by atoms with Gasteiger partial charge in [-0.25, -0.2) is 0 Å². The predicted molar refractivity (Wildman–Crippen MR) is 200 cm³/mol. The topological polar surface area (TPSA) is 24.9 Å². The minimum atomic E-state index is 0.779. The molecular weight excluding hydrogens is 569 g/mol. The number of aryl methyl sites for hydroxylation is 1. The quantitative estimate of drug-likeness (QED) is 0.203. The van der Waals surface area contributed by atoms with Crippen molar-refractivity contribution in [3.8, 4) is 33.4 Å². The summed E-state index contributed by atoms with van der Waals surface area (Å²) in [7, 11) is 0. The molecule has 0 fully saturated rings. The molecule has 0 saturated carbocycles. The van der Waals surface area contributed by atoms with E-state index < -0.39 is 0 Å². The molecular formula is C45H32N2. The summed E-state index contributed by atoms with van der Waals surface area (Å²) in [5.41, 5.74) is 10.9. The lowest BCUT2D eigenvalue weighted by Crippen LogP contribution is -2.12. The molecule has 1 aliphatic heterocycles. The molecule has 0 amide bonds. The van der Waals surface area contributed by atoms with E-state index in [4.69, 9.17) is 4.98 Å². The number of benzene rings is 7. The Kier molecular flexibility index (Phi) is 6.46. The van der Waals surface area contributed by atoms with E-state index in [1.54, 1.807) is 0 Å². The lowest BCUT2D eigenvalue weighted by molar-refractivity contribution is 0.978. The van der Waals surface area contributed by atoms with Crippen molar-refractivity contribution in [2.24, 2.45) is 0 Å². The van der Waals surface area contributed by atoms with E-state index in [1.807, 2.05) is 18.5 Å². The lowest BCUT2D eigenvalue weighted by Gasteiger charge is -2.20. The Bertz CT molecular complexity index is 2530. The van der Waals surface area contributed by atoms with Crippen molar-refractivity contribution in [3.05, 3.63) is 169 Å². The van der Waals surface area contributed by atoms with Gasteiger partial charge in [0.1, 0.15) is 0 Å². The fraction of sp³-hybridized carbons (Fsp3) is 0.0444. The summed E-state index contributed by atoms with van der Waals surface area (Å²) in [6, 6.07) is 49.3. The average Bonchev–Trinajstić information content (AvgIpc) is 3.14. The molecule has 2 nitrogen and oxygen atoms in total. The maximum Gasteiger partial charge on any atom is 0.0685 e. The molecule has 9 rings (SSSR count). The molecule has 1 aromatic heterocycles. The fourth-order valence-corrected chi connectivity index (χ4v) is 7.43. The second-order valence-electron chi connectivity index (χ2n) is 12.5. The Morgan fingerprint density at radius 1 is 0.532 bits per heavy atom. The van der Waals surface area contributed by atoms with Gasteiger partial charge in [0.25, 0.3) is 0 Å². The number of pyridine rings is 1. The highest BCUT2D eigenvalue weighted by Gasteiger charge is 2.19. The number of hydrogen-bond donors (Lipinski definition) is 1. The van der Waals surface area contributed by atoms with Gasteiger partial charge in [-0.1, -0.05) is 127 Å². The fourth-order valence-electron chi connectivity index (χ4n) is 7.43. The summed E-state index contributed by atoms with van der Waals surface area (Å²) in [6.07, 6.45) is 8.09. The smallest absolute Gasteiger partial charge is 0.0685 e. The molecule has 0 atom stereocenters. The highest BCUT2D eigenvalue weighted by molar-refractivity contribution is 6.24. The van der Waals surface area contributed by atoms with Gasteiger partial charge >= 0.3 is 0 Å². The lowest BCUT2D eigenvalue weighted by atomic mass is 9.83. The van der Waals surface area contributed by atoms with Gasteiger partial charge in [-0.05, 0) is 119 Å². The summed E-state index contributed by atoms with van der Waals surface area (Å²) in [5.74, 6) is 0. The number of nitrogens with zero attached hydrogens (tertiary/aromatic N) is 1. The number of aromatic nitrogens is 1. The molecule has 222 valence electrons. The molecule has 0 saturated heterocycles. The first-order valence-corrected chi connectivity index (χ1v) is 16.3. The molecule has 2 heteroatoms. The maximum absolute atomic E-state index is 4.71. The van der Waals surface area contributed by atoms with Gasteiger partial charge in [-0.15, -0.1) is 0 Å². The third-order valence-corrected chi connectivity index (χ3v) is 9.61. The van der Waals surface area contributed by atoms with Crippen LogP contribution in [0.15, 0.2) is 158 Å². The summed E-state index contributed by atoms with van der Waals surface area (Å²) in [4.78, 5) is 4.71. The third kappa shape index (κ3) is 4.61. The van der Waals surface area contributed by atoms with Crippen LogP contribution in [0.25, 0.3) is 82.0 Å². The normalized spacial score (nSPS) is 12.9. The van der Waals surface area contributed by atoms with Crippen LogP contribution >= 0.6 is 0 Å². The molecule has 0 bridgehead atoms. The Hall–Kier alpha value is -5.99. The van der Waals surface area contributed by atoms with Crippen molar-refractivity contribution in [1.82, 2.24) is 10.3 Å². The van der Waals surface area contributed by atoms with Crippen LogP contribution in [0.1, 0.15) is 11.3 Å². The zero-order valence-corrected chi connectivity index (χ0v) is 26.2. The minimum absolute atomic E-state index is 0.779. The van der Waals surface area contributed by atoms with Gasteiger partial charge in [-0.3, -0.25) is 4.98 Å². The van der Waals surface area contributed by atoms with Crippen LogP contribution in [0.5, 0.6) is 0 Å². The van der Waals surface area contributed by atoms with E-state index in [1.165, 1.54) is 87.6 Å². The minimum Gasteiger partial charge on any atom is -0.387 e. The van der Waals surface area contributed by atoms with Gasteiger partial charge in [0, 0.05) is 12.7 Å². The van der Waals surface area contributed by atoms with Crippen LogP contribution in [-0.4, -0.2) is 11.5 Å². The van der Waals surface area contributed by atoms with Crippen molar-refractivity contribution in [2.45, 2.75) is 6.92 Å². The third-order valence-electron chi connectivity index (χ3n) is 9.61. The molecule has 7 aromatic carbocycles. The number of nitrogens with one attached hydrogen (secondary N) is 1. The molecule has 8 aromatic rings. The molecule has 0 aliphatic carbocycles. The SMILES string of the molecule is Cc1ccc2cc(-c3c4ccccc4c(-c4ccc(-c5ccnc(C6=CC=CNC6)c5)c5ccccc45)c4ccccc34)ccc2c1. The molecule has 1 N–H and O–H groups in total. The largest absolute Gasteiger partial charge is 0.387 e. The van der Waals surface area contributed by atoms with Crippen LogP contribution < -0.4 is 5.32 Å². The van der Waals surface area contributed by atoms with Gasteiger partial charge in [0.05, 0.1) is 5.69 Å². The molecule has 0 spiro atoms. The second kappa shape index (κ2) is 11.1. The first-order valence-electron chi connectivity index (χ1n) is 16.3. The summed E-state index contributed by atoms with van der Waals surface area (Å²) >= 11 is 0. The van der Waals surface area contributed by atoms with E-state index in [0.29, 0.717) is 0 Å². The standard InChI is InChI=1S/C45H32N2/c1-29-16-17-31-26-33(19-18-30(31)25-29)44-38-12-4-6-14-40(38)45(41-15-7-5-13-39(41)44)42-21-20-35(36-10-2-3-11-37(36)42)32-22-24-47-43(27-32)34-9-8-23-46-28-34/h2-27,46H,28H2,1H3. The van der Waals surface area contributed by atoms with Gasteiger partial charge in [-0.2, -0.15) is 0 Å². The average molecular weight is 601 g/mol. The summed E-state index contributed by atoms with van der Waals surface area (Å²) < 4.78 is 0. The van der Waals surface area contributed by atoms with Crippen LogP contribution in [0, 0.1) is 6.92 Å². The molecule has 1 aliphatic rings. The number of hydrogen-bond acceptors (Lipinski definition) is 2. The van der Waals surface area contributed by atoms with E-state index in [9.17, 15) is 0 Å². The maximum atomic E-state index is 4.71.